The second kappa shape index (κ2) is 17.0. The third-order valence-corrected chi connectivity index (χ3v) is 10.0. The second-order valence-electron chi connectivity index (χ2n) is 13.2. The van der Waals surface area contributed by atoms with Crippen molar-refractivity contribution in [2.45, 2.75) is 27.7 Å². The molecule has 6 aromatic carbocycles. The smallest absolute Gasteiger partial charge is 0.0635 e. The van der Waals surface area contributed by atoms with Crippen molar-refractivity contribution < 1.29 is 0 Å². The standard InChI is InChI=1S/C50H42N4.C2H6/c1-4-13-37(14-5-2)39-21-25-43(26-22-39)53(42-23-19-38(20-24-42)36(6-3)31-33-51)44-27-29-49-47(35-44)45-28-30-48-46(32-34-52(48)40-15-9-7-10-16-40)50(45)54(49)41-17-11-8-12-18-41;1-2/h4-35H,1,51H2,2-3H3;1-2H3/b14-5-,33-31-,36-6+,37-13+;. The van der Waals surface area contributed by atoms with E-state index >= 15 is 0 Å². The summed E-state index contributed by atoms with van der Waals surface area (Å²) in [5.41, 5.74) is 19.2. The van der Waals surface area contributed by atoms with Crippen LogP contribution in [0, 0.1) is 0 Å². The van der Waals surface area contributed by atoms with Gasteiger partial charge >= 0.3 is 0 Å². The summed E-state index contributed by atoms with van der Waals surface area (Å²) in [6.45, 7) is 12.0. The Balaban J connectivity index is 0.00000237. The topological polar surface area (TPSA) is 39.1 Å². The second-order valence-corrected chi connectivity index (χ2v) is 13.2. The van der Waals surface area contributed by atoms with Crippen molar-refractivity contribution in [2.24, 2.45) is 5.73 Å². The summed E-state index contributed by atoms with van der Waals surface area (Å²) in [6, 6.07) is 52.4. The molecule has 0 aliphatic heterocycles. The molecular weight excluding hydrogens is 681 g/mol. The molecule has 0 aliphatic carbocycles. The molecule has 8 aromatic rings. The van der Waals surface area contributed by atoms with Crippen molar-refractivity contribution >= 4 is 60.9 Å². The Labute approximate surface area is 330 Å². The van der Waals surface area contributed by atoms with Gasteiger partial charge in [-0.3, -0.25) is 0 Å². The molecule has 0 bridgehead atoms. The van der Waals surface area contributed by atoms with E-state index in [1.54, 1.807) is 6.20 Å². The number of hydrogen-bond donors (Lipinski definition) is 1. The molecule has 0 saturated heterocycles. The number of anilines is 3. The first-order chi connectivity index (χ1) is 27.6. The minimum atomic E-state index is 1.06. The number of allylic oxidation sites excluding steroid dienone is 8. The van der Waals surface area contributed by atoms with E-state index in [0.717, 1.165) is 56.2 Å². The van der Waals surface area contributed by atoms with Crippen LogP contribution in [-0.2, 0) is 0 Å². The highest BCUT2D eigenvalue weighted by molar-refractivity contribution is 6.19. The van der Waals surface area contributed by atoms with Crippen LogP contribution < -0.4 is 10.6 Å². The normalized spacial score (nSPS) is 12.1. The van der Waals surface area contributed by atoms with Gasteiger partial charge in [-0.2, -0.15) is 0 Å². The molecule has 4 nitrogen and oxygen atoms in total. The van der Waals surface area contributed by atoms with Gasteiger partial charge in [0.05, 0.1) is 16.6 Å². The molecule has 0 amide bonds. The van der Waals surface area contributed by atoms with E-state index < -0.39 is 0 Å². The van der Waals surface area contributed by atoms with Crippen molar-refractivity contribution in [1.82, 2.24) is 9.13 Å². The lowest BCUT2D eigenvalue weighted by Gasteiger charge is -2.26. The first-order valence-electron chi connectivity index (χ1n) is 19.3. The third kappa shape index (κ3) is 7.01. The molecule has 4 heteroatoms. The Hall–Kier alpha value is -7.04. The number of nitrogens with two attached hydrogens (primary N) is 1. The molecule has 0 saturated carbocycles. The maximum atomic E-state index is 5.78. The minimum absolute atomic E-state index is 1.06. The maximum absolute atomic E-state index is 5.78. The van der Waals surface area contributed by atoms with E-state index in [4.69, 9.17) is 5.73 Å². The van der Waals surface area contributed by atoms with Crippen molar-refractivity contribution in [2.75, 3.05) is 4.90 Å². The summed E-state index contributed by atoms with van der Waals surface area (Å²) >= 11 is 0. The zero-order valence-electron chi connectivity index (χ0n) is 32.6. The Morgan fingerprint density at radius 1 is 0.589 bits per heavy atom. The Morgan fingerprint density at radius 2 is 1.18 bits per heavy atom. The number of rotatable bonds is 10. The SMILES string of the molecule is C=C/C=C(\C=C/C)c1ccc(N(c2ccc(C(/C=C\N)=C/C)cc2)c2ccc3c(c2)c2ccc4c(ccn4-c4ccccc4)c2n3-c2ccccc2)cc1.CC. The summed E-state index contributed by atoms with van der Waals surface area (Å²) < 4.78 is 4.69. The van der Waals surface area contributed by atoms with E-state index in [1.165, 1.54) is 27.2 Å². The van der Waals surface area contributed by atoms with Gasteiger partial charge in [0.25, 0.3) is 0 Å². The van der Waals surface area contributed by atoms with Gasteiger partial charge in [0.1, 0.15) is 0 Å². The summed E-state index contributed by atoms with van der Waals surface area (Å²) in [5.74, 6) is 0. The largest absolute Gasteiger partial charge is 0.405 e. The first kappa shape index (κ1) is 37.3. The molecule has 0 fully saturated rings. The molecule has 2 aromatic heterocycles. The van der Waals surface area contributed by atoms with Crippen LogP contribution in [0.4, 0.5) is 17.1 Å². The number of nitrogens with zero attached hydrogens (tertiary/aromatic N) is 3. The predicted molar refractivity (Wildman–Crippen MR) is 244 cm³/mol. The highest BCUT2D eigenvalue weighted by Gasteiger charge is 2.20. The highest BCUT2D eigenvalue weighted by atomic mass is 15.1. The van der Waals surface area contributed by atoms with Gasteiger partial charge in [-0.1, -0.05) is 118 Å². The fourth-order valence-corrected chi connectivity index (χ4v) is 7.58. The minimum Gasteiger partial charge on any atom is -0.405 e. The first-order valence-corrected chi connectivity index (χ1v) is 19.3. The molecule has 8 rings (SSSR count). The lowest BCUT2D eigenvalue weighted by atomic mass is 10.0. The van der Waals surface area contributed by atoms with E-state index in [0.29, 0.717) is 0 Å². The van der Waals surface area contributed by atoms with Crippen LogP contribution in [0.2, 0.25) is 0 Å². The van der Waals surface area contributed by atoms with E-state index in [1.807, 2.05) is 45.9 Å². The van der Waals surface area contributed by atoms with Crippen LogP contribution >= 0.6 is 0 Å². The summed E-state index contributed by atoms with van der Waals surface area (Å²) in [7, 11) is 0. The van der Waals surface area contributed by atoms with Crippen LogP contribution in [0.25, 0.3) is 55.2 Å². The Kier molecular flexibility index (Phi) is 11.3. The fraction of sp³-hybridized carbons (Fsp3) is 0.0769. The molecule has 0 aliphatic rings. The molecule has 2 heterocycles. The van der Waals surface area contributed by atoms with Crippen molar-refractivity contribution in [3.05, 3.63) is 212 Å². The summed E-state index contributed by atoms with van der Waals surface area (Å²) in [6.07, 6.45) is 15.8. The van der Waals surface area contributed by atoms with Crippen LogP contribution in [0.5, 0.6) is 0 Å². The van der Waals surface area contributed by atoms with Gasteiger partial charge in [0.2, 0.25) is 0 Å². The Morgan fingerprint density at radius 3 is 1.77 bits per heavy atom. The number of aromatic nitrogens is 2. The monoisotopic (exact) mass is 728 g/mol. The lowest BCUT2D eigenvalue weighted by Crippen LogP contribution is -2.10. The van der Waals surface area contributed by atoms with E-state index in [2.05, 4.69) is 191 Å². The number of fused-ring (bicyclic) bond motifs is 5. The lowest BCUT2D eigenvalue weighted by molar-refractivity contribution is 1.13. The van der Waals surface area contributed by atoms with Crippen LogP contribution in [0.15, 0.2) is 201 Å². The highest BCUT2D eigenvalue weighted by Crippen LogP contribution is 2.42. The van der Waals surface area contributed by atoms with E-state index in [9.17, 15) is 0 Å². The predicted octanol–water partition coefficient (Wildman–Crippen LogP) is 14.2. The zero-order chi connectivity index (χ0) is 39.0. The molecular formula is C52H48N4. The van der Waals surface area contributed by atoms with Gasteiger partial charge in [-0.25, -0.2) is 0 Å². The van der Waals surface area contributed by atoms with Crippen molar-refractivity contribution in [3.63, 3.8) is 0 Å². The number of hydrogen-bond acceptors (Lipinski definition) is 2. The van der Waals surface area contributed by atoms with Gasteiger partial charge in [0, 0.05) is 50.8 Å². The molecule has 276 valence electrons. The molecule has 0 unspecified atom stereocenters. The quantitative estimate of drug-likeness (QED) is 0.142. The summed E-state index contributed by atoms with van der Waals surface area (Å²) in [4.78, 5) is 2.34. The maximum Gasteiger partial charge on any atom is 0.0635 e. The Bertz CT molecular complexity index is 2720. The van der Waals surface area contributed by atoms with Gasteiger partial charge in [-0.05, 0) is 127 Å². The summed E-state index contributed by atoms with van der Waals surface area (Å²) in [5, 5.41) is 3.60. The molecule has 0 spiro atoms. The van der Waals surface area contributed by atoms with Gasteiger partial charge < -0.3 is 19.8 Å². The van der Waals surface area contributed by atoms with Crippen molar-refractivity contribution in [3.8, 4) is 11.4 Å². The molecule has 0 radical (unpaired) electrons. The van der Waals surface area contributed by atoms with Gasteiger partial charge in [-0.15, -0.1) is 0 Å². The molecule has 0 atom stereocenters. The fourth-order valence-electron chi connectivity index (χ4n) is 7.58. The third-order valence-electron chi connectivity index (χ3n) is 10.0. The number of benzene rings is 6. The van der Waals surface area contributed by atoms with E-state index in [-0.39, 0.29) is 0 Å². The number of para-hydroxylation sites is 2. The van der Waals surface area contributed by atoms with Crippen LogP contribution in [0.3, 0.4) is 0 Å². The van der Waals surface area contributed by atoms with Crippen molar-refractivity contribution in [1.29, 1.82) is 0 Å². The average Bonchev–Trinajstić information content (AvgIpc) is 3.84. The van der Waals surface area contributed by atoms with Gasteiger partial charge in [0.15, 0.2) is 0 Å². The molecule has 56 heavy (non-hydrogen) atoms. The van der Waals surface area contributed by atoms with Crippen LogP contribution in [0.1, 0.15) is 38.8 Å². The average molecular weight is 729 g/mol. The van der Waals surface area contributed by atoms with Crippen LogP contribution in [-0.4, -0.2) is 9.13 Å². The molecule has 2 N–H and O–H groups in total. The zero-order valence-corrected chi connectivity index (χ0v) is 32.6.